The van der Waals surface area contributed by atoms with E-state index >= 15 is 0 Å². The average molecular weight is 242 g/mol. The van der Waals surface area contributed by atoms with Gasteiger partial charge in [0.15, 0.2) is 11.5 Å². The Morgan fingerprint density at radius 3 is 2.61 bits per heavy atom. The molecule has 3 rings (SSSR count). The van der Waals surface area contributed by atoms with Crippen molar-refractivity contribution in [3.8, 4) is 17.2 Å². The van der Waals surface area contributed by atoms with Crippen LogP contribution >= 0.6 is 0 Å². The van der Waals surface area contributed by atoms with Crippen LogP contribution in [0.3, 0.4) is 0 Å². The molecule has 1 aliphatic heterocycles. The summed E-state index contributed by atoms with van der Waals surface area (Å²) in [4.78, 5) is 11.9. The van der Waals surface area contributed by atoms with Crippen LogP contribution in [0.5, 0.6) is 17.2 Å². The van der Waals surface area contributed by atoms with E-state index in [0.717, 1.165) is 0 Å². The minimum absolute atomic E-state index is 0.187. The van der Waals surface area contributed by atoms with Crippen LogP contribution in [0.25, 0.3) is 0 Å². The number of rotatable bonds is 2. The number of esters is 1. The van der Waals surface area contributed by atoms with Crippen molar-refractivity contribution in [2.45, 2.75) is 0 Å². The lowest BCUT2D eigenvalue weighted by Gasteiger charge is -2.04. The highest BCUT2D eigenvalue weighted by atomic mass is 16.7. The number of hydrogen-bond acceptors (Lipinski definition) is 4. The van der Waals surface area contributed by atoms with Crippen LogP contribution in [0, 0.1) is 0 Å². The lowest BCUT2D eigenvalue weighted by molar-refractivity contribution is 0.0734. The summed E-state index contributed by atoms with van der Waals surface area (Å²) in [5.41, 5.74) is 0.433. The second kappa shape index (κ2) is 4.41. The molecule has 4 heteroatoms. The lowest BCUT2D eigenvalue weighted by atomic mass is 10.2. The number of fused-ring (bicyclic) bond motifs is 1. The van der Waals surface area contributed by atoms with E-state index in [0.29, 0.717) is 22.8 Å². The van der Waals surface area contributed by atoms with Gasteiger partial charge in [0.05, 0.1) is 5.56 Å². The Bertz CT molecular complexity index is 578. The molecule has 4 nitrogen and oxygen atoms in total. The fraction of sp³-hybridized carbons (Fsp3) is 0.0714. The van der Waals surface area contributed by atoms with Crippen molar-refractivity contribution >= 4 is 5.97 Å². The van der Waals surface area contributed by atoms with Gasteiger partial charge in [0, 0.05) is 0 Å². The zero-order valence-electron chi connectivity index (χ0n) is 9.46. The summed E-state index contributed by atoms with van der Waals surface area (Å²) >= 11 is 0. The van der Waals surface area contributed by atoms with Crippen molar-refractivity contribution in [3.63, 3.8) is 0 Å². The summed E-state index contributed by atoms with van der Waals surface area (Å²) in [6, 6.07) is 13.9. The minimum Gasteiger partial charge on any atom is -0.454 e. The van der Waals surface area contributed by atoms with E-state index in [-0.39, 0.29) is 6.79 Å². The largest absolute Gasteiger partial charge is 0.454 e. The second-order valence-corrected chi connectivity index (χ2v) is 3.77. The first-order chi connectivity index (χ1) is 8.83. The molecule has 0 atom stereocenters. The molecular formula is C14H10O4. The predicted octanol–water partition coefficient (Wildman–Crippen LogP) is 2.63. The van der Waals surface area contributed by atoms with Crippen LogP contribution in [-0.2, 0) is 0 Å². The van der Waals surface area contributed by atoms with Gasteiger partial charge in [-0.2, -0.15) is 0 Å². The zero-order chi connectivity index (χ0) is 12.4. The fourth-order valence-electron chi connectivity index (χ4n) is 1.68. The summed E-state index contributed by atoms with van der Waals surface area (Å²) in [6.45, 7) is 0.187. The normalized spacial score (nSPS) is 12.2. The molecule has 0 saturated heterocycles. The molecule has 90 valence electrons. The van der Waals surface area contributed by atoms with Crippen molar-refractivity contribution in [2.75, 3.05) is 6.79 Å². The molecule has 0 spiro atoms. The van der Waals surface area contributed by atoms with Gasteiger partial charge >= 0.3 is 5.97 Å². The van der Waals surface area contributed by atoms with Crippen molar-refractivity contribution in [2.24, 2.45) is 0 Å². The van der Waals surface area contributed by atoms with Crippen molar-refractivity contribution in [1.82, 2.24) is 0 Å². The molecule has 0 amide bonds. The van der Waals surface area contributed by atoms with Gasteiger partial charge in [-0.25, -0.2) is 4.79 Å². The third-order valence-corrected chi connectivity index (χ3v) is 2.56. The van der Waals surface area contributed by atoms with Gasteiger partial charge in [-0.05, 0) is 30.3 Å². The van der Waals surface area contributed by atoms with E-state index in [1.165, 1.54) is 0 Å². The first-order valence-corrected chi connectivity index (χ1v) is 5.50. The number of ether oxygens (including phenoxy) is 3. The number of hydrogen-bond donors (Lipinski definition) is 0. The first-order valence-electron chi connectivity index (χ1n) is 5.50. The first kappa shape index (κ1) is 10.7. The van der Waals surface area contributed by atoms with Crippen LogP contribution in [0.4, 0.5) is 0 Å². The van der Waals surface area contributed by atoms with Gasteiger partial charge in [0.1, 0.15) is 5.75 Å². The quantitative estimate of drug-likeness (QED) is 0.600. The fourth-order valence-corrected chi connectivity index (χ4v) is 1.68. The number of carbonyl (C=O) groups excluding carboxylic acids is 1. The van der Waals surface area contributed by atoms with Crippen LogP contribution in [-0.4, -0.2) is 12.8 Å². The van der Waals surface area contributed by atoms with Gasteiger partial charge in [0.2, 0.25) is 6.79 Å². The Balaban J connectivity index is 1.81. The molecule has 0 N–H and O–H groups in total. The summed E-state index contributed by atoms with van der Waals surface area (Å²) in [5.74, 6) is 1.31. The van der Waals surface area contributed by atoms with Gasteiger partial charge in [0.25, 0.3) is 0 Å². The number of carbonyl (C=O) groups is 1. The van der Waals surface area contributed by atoms with Gasteiger partial charge in [-0.15, -0.1) is 0 Å². The standard InChI is InChI=1S/C14H10O4/c15-14(18-11-4-2-1-3-5-11)10-6-7-12-13(8-10)17-9-16-12/h1-8H,9H2. The van der Waals surface area contributed by atoms with Crippen molar-refractivity contribution in [1.29, 1.82) is 0 Å². The van der Waals surface area contributed by atoms with Gasteiger partial charge in [-0.3, -0.25) is 0 Å². The smallest absolute Gasteiger partial charge is 0.343 e. The topological polar surface area (TPSA) is 44.8 Å². The highest BCUT2D eigenvalue weighted by Gasteiger charge is 2.17. The molecule has 18 heavy (non-hydrogen) atoms. The maximum Gasteiger partial charge on any atom is 0.343 e. The summed E-state index contributed by atoms with van der Waals surface area (Å²) in [7, 11) is 0. The second-order valence-electron chi connectivity index (χ2n) is 3.77. The highest BCUT2D eigenvalue weighted by Crippen LogP contribution is 2.32. The molecule has 2 aromatic carbocycles. The number of para-hydroxylation sites is 1. The molecule has 0 saturated carbocycles. The van der Waals surface area contributed by atoms with E-state index in [1.807, 2.05) is 18.2 Å². The lowest BCUT2D eigenvalue weighted by Crippen LogP contribution is -2.08. The Hall–Kier alpha value is -2.49. The molecular weight excluding hydrogens is 232 g/mol. The SMILES string of the molecule is O=C(Oc1ccccc1)c1ccc2c(c1)OCO2. The zero-order valence-corrected chi connectivity index (χ0v) is 9.46. The molecule has 0 unspecified atom stereocenters. The van der Waals surface area contributed by atoms with Gasteiger partial charge in [-0.1, -0.05) is 18.2 Å². The molecule has 0 aromatic heterocycles. The Labute approximate surface area is 104 Å². The van der Waals surface area contributed by atoms with Gasteiger partial charge < -0.3 is 14.2 Å². The maximum atomic E-state index is 11.9. The average Bonchev–Trinajstić information content (AvgIpc) is 2.87. The maximum absolute atomic E-state index is 11.9. The summed E-state index contributed by atoms with van der Waals surface area (Å²) in [5, 5.41) is 0. The molecule has 2 aromatic rings. The molecule has 1 aliphatic rings. The monoisotopic (exact) mass is 242 g/mol. The van der Waals surface area contributed by atoms with E-state index < -0.39 is 5.97 Å². The van der Waals surface area contributed by atoms with Crippen LogP contribution in [0.2, 0.25) is 0 Å². The summed E-state index contributed by atoms with van der Waals surface area (Å²) in [6.07, 6.45) is 0. The van der Waals surface area contributed by atoms with Crippen LogP contribution in [0.1, 0.15) is 10.4 Å². The van der Waals surface area contributed by atoms with Crippen molar-refractivity contribution in [3.05, 3.63) is 54.1 Å². The summed E-state index contributed by atoms with van der Waals surface area (Å²) < 4.78 is 15.6. The third-order valence-electron chi connectivity index (χ3n) is 2.56. The molecule has 0 aliphatic carbocycles. The van der Waals surface area contributed by atoms with E-state index in [4.69, 9.17) is 14.2 Å². The minimum atomic E-state index is -0.417. The number of benzene rings is 2. The molecule has 0 radical (unpaired) electrons. The van der Waals surface area contributed by atoms with Crippen LogP contribution < -0.4 is 14.2 Å². The van der Waals surface area contributed by atoms with E-state index in [9.17, 15) is 4.79 Å². The van der Waals surface area contributed by atoms with E-state index in [1.54, 1.807) is 30.3 Å². The highest BCUT2D eigenvalue weighted by molar-refractivity contribution is 5.91. The molecule has 0 bridgehead atoms. The van der Waals surface area contributed by atoms with E-state index in [2.05, 4.69) is 0 Å². The Morgan fingerprint density at radius 2 is 1.78 bits per heavy atom. The Morgan fingerprint density at radius 1 is 1.00 bits per heavy atom. The Kier molecular flexibility index (Phi) is 2.61. The third kappa shape index (κ3) is 2.00. The van der Waals surface area contributed by atoms with Crippen molar-refractivity contribution < 1.29 is 19.0 Å². The van der Waals surface area contributed by atoms with Crippen LogP contribution in [0.15, 0.2) is 48.5 Å². The predicted molar refractivity (Wildman–Crippen MR) is 64.0 cm³/mol. The molecule has 1 heterocycles. The molecule has 0 fully saturated rings.